The van der Waals surface area contributed by atoms with E-state index in [1.54, 1.807) is 25.1 Å². The maximum absolute atomic E-state index is 12.8. The Kier molecular flexibility index (Phi) is 4.72. The fourth-order valence-electron chi connectivity index (χ4n) is 2.45. The first-order valence-electron chi connectivity index (χ1n) is 7.49. The van der Waals surface area contributed by atoms with E-state index in [0.717, 1.165) is 0 Å². The van der Waals surface area contributed by atoms with Crippen molar-refractivity contribution < 1.29 is 9.47 Å². The highest BCUT2D eigenvalue weighted by atomic mass is 35.5. The fourth-order valence-corrected chi connectivity index (χ4v) is 2.64. The number of methoxy groups -OCH3 is 2. The number of ether oxygens (including phenoxy) is 2. The maximum Gasteiger partial charge on any atom is 0.282 e. The summed E-state index contributed by atoms with van der Waals surface area (Å²) in [6, 6.07) is 10.5. The quantitative estimate of drug-likeness (QED) is 0.672. The number of aromatic nitrogens is 2. The lowest BCUT2D eigenvalue weighted by Crippen LogP contribution is -2.20. The van der Waals surface area contributed by atoms with Crippen LogP contribution in [-0.2, 0) is 0 Å². The molecular weight excluding hydrogens is 342 g/mol. The fraction of sp³-hybridized carbons (Fsp3) is 0.167. The smallest absolute Gasteiger partial charge is 0.282 e. The number of hydrogen-bond donors (Lipinski definition) is 0. The van der Waals surface area contributed by atoms with E-state index in [-0.39, 0.29) is 5.56 Å². The molecule has 1 heterocycles. The molecule has 0 spiro atoms. The molecule has 0 N–H and O–H groups in total. The molecule has 0 aliphatic rings. The summed E-state index contributed by atoms with van der Waals surface area (Å²) in [4.78, 5) is 17.2. The highest BCUT2D eigenvalue weighted by Crippen LogP contribution is 2.30. The van der Waals surface area contributed by atoms with Gasteiger partial charge in [0.25, 0.3) is 5.56 Å². The Morgan fingerprint density at radius 1 is 1.16 bits per heavy atom. The predicted molar refractivity (Wildman–Crippen MR) is 98.3 cm³/mol. The van der Waals surface area contributed by atoms with Crippen LogP contribution in [0.4, 0.5) is 0 Å². The normalized spacial score (nSPS) is 11.2. The average molecular weight is 358 g/mol. The highest BCUT2D eigenvalue weighted by Gasteiger charge is 2.13. The SMILES string of the molecule is COc1cc2nc(C)n(/N=C\c3ccccc3Cl)c(=O)c2cc1OC. The first-order valence-corrected chi connectivity index (χ1v) is 7.87. The lowest BCUT2D eigenvalue weighted by atomic mass is 10.2. The molecule has 0 aliphatic carbocycles. The molecule has 0 radical (unpaired) electrons. The van der Waals surface area contributed by atoms with Gasteiger partial charge < -0.3 is 9.47 Å². The molecule has 1 aromatic heterocycles. The molecule has 2 aromatic carbocycles. The standard InChI is InChI=1S/C18H16ClN3O3/c1-11-21-15-9-17(25-3)16(24-2)8-13(15)18(23)22(11)20-10-12-6-4-5-7-14(12)19/h4-10H,1-3H3/b20-10-. The molecule has 0 bridgehead atoms. The van der Waals surface area contributed by atoms with E-state index in [4.69, 9.17) is 21.1 Å². The minimum absolute atomic E-state index is 0.299. The second-order valence-electron chi connectivity index (χ2n) is 5.27. The number of aryl methyl sites for hydroxylation is 1. The summed E-state index contributed by atoms with van der Waals surface area (Å²) in [6.07, 6.45) is 1.53. The first kappa shape index (κ1) is 17.0. The Labute approximate surface area is 149 Å². The van der Waals surface area contributed by atoms with Crippen LogP contribution in [0, 0.1) is 6.92 Å². The van der Waals surface area contributed by atoms with Crippen LogP contribution in [-0.4, -0.2) is 30.1 Å². The minimum Gasteiger partial charge on any atom is -0.493 e. The number of halogens is 1. The zero-order chi connectivity index (χ0) is 18.0. The molecule has 3 rings (SSSR count). The number of nitrogens with zero attached hydrogens (tertiary/aromatic N) is 3. The summed E-state index contributed by atoms with van der Waals surface area (Å²) >= 11 is 6.11. The van der Waals surface area contributed by atoms with Crippen molar-refractivity contribution in [3.8, 4) is 11.5 Å². The van der Waals surface area contributed by atoms with E-state index >= 15 is 0 Å². The van der Waals surface area contributed by atoms with Gasteiger partial charge in [0.2, 0.25) is 0 Å². The maximum atomic E-state index is 12.8. The molecule has 3 aromatic rings. The van der Waals surface area contributed by atoms with Crippen molar-refractivity contribution in [2.24, 2.45) is 5.10 Å². The van der Waals surface area contributed by atoms with Gasteiger partial charge >= 0.3 is 0 Å². The number of hydrogen-bond acceptors (Lipinski definition) is 5. The molecule has 0 saturated carbocycles. The van der Waals surface area contributed by atoms with E-state index in [2.05, 4.69) is 10.1 Å². The summed E-state index contributed by atoms with van der Waals surface area (Å²) in [5.41, 5.74) is 0.930. The van der Waals surface area contributed by atoms with E-state index in [9.17, 15) is 4.79 Å². The van der Waals surface area contributed by atoms with Gasteiger partial charge in [-0.1, -0.05) is 29.8 Å². The summed E-state index contributed by atoms with van der Waals surface area (Å²) in [5.74, 6) is 1.42. The summed E-state index contributed by atoms with van der Waals surface area (Å²) in [6.45, 7) is 1.71. The second kappa shape index (κ2) is 6.94. The number of rotatable bonds is 4. The largest absolute Gasteiger partial charge is 0.493 e. The van der Waals surface area contributed by atoms with Crippen LogP contribution in [0.3, 0.4) is 0 Å². The van der Waals surface area contributed by atoms with Gasteiger partial charge in [-0.3, -0.25) is 4.79 Å². The van der Waals surface area contributed by atoms with Crippen LogP contribution in [0.1, 0.15) is 11.4 Å². The van der Waals surface area contributed by atoms with Crippen molar-refractivity contribution in [3.63, 3.8) is 0 Å². The van der Waals surface area contributed by atoms with Crippen LogP contribution in [0.15, 0.2) is 46.3 Å². The first-order chi connectivity index (χ1) is 12.0. The van der Waals surface area contributed by atoms with Crippen LogP contribution < -0.4 is 15.0 Å². The van der Waals surface area contributed by atoms with Crippen LogP contribution in [0.5, 0.6) is 11.5 Å². The molecule has 0 aliphatic heterocycles. The van der Waals surface area contributed by atoms with Crippen LogP contribution in [0.25, 0.3) is 10.9 Å². The molecule has 0 saturated heterocycles. The van der Waals surface area contributed by atoms with Crippen LogP contribution in [0.2, 0.25) is 5.02 Å². The summed E-state index contributed by atoms with van der Waals surface area (Å²) in [7, 11) is 3.05. The van der Waals surface area contributed by atoms with Gasteiger partial charge in [-0.15, -0.1) is 0 Å². The Hall–Kier alpha value is -2.86. The Balaban J connectivity index is 2.16. The second-order valence-corrected chi connectivity index (χ2v) is 5.67. The van der Waals surface area contributed by atoms with E-state index in [1.807, 2.05) is 18.2 Å². The Bertz CT molecular complexity index is 1030. The lowest BCUT2D eigenvalue weighted by Gasteiger charge is -2.10. The summed E-state index contributed by atoms with van der Waals surface area (Å²) < 4.78 is 11.7. The van der Waals surface area contributed by atoms with Crippen molar-refractivity contribution in [2.45, 2.75) is 6.92 Å². The third kappa shape index (κ3) is 3.21. The average Bonchev–Trinajstić information content (AvgIpc) is 2.62. The molecule has 6 nitrogen and oxygen atoms in total. The molecule has 7 heteroatoms. The Morgan fingerprint density at radius 2 is 1.84 bits per heavy atom. The molecule has 128 valence electrons. The molecule has 0 amide bonds. The van der Waals surface area contributed by atoms with Crippen molar-refractivity contribution >= 4 is 28.7 Å². The topological polar surface area (TPSA) is 65.7 Å². The molecule has 0 fully saturated rings. The van der Waals surface area contributed by atoms with Gasteiger partial charge in [0.05, 0.1) is 31.3 Å². The Morgan fingerprint density at radius 3 is 2.52 bits per heavy atom. The zero-order valence-corrected chi connectivity index (χ0v) is 14.7. The van der Waals surface area contributed by atoms with Crippen molar-refractivity contribution in [1.29, 1.82) is 0 Å². The third-order valence-corrected chi connectivity index (χ3v) is 4.08. The van der Waals surface area contributed by atoms with Crippen molar-refractivity contribution in [2.75, 3.05) is 14.2 Å². The number of benzene rings is 2. The molecular formula is C18H16ClN3O3. The number of fused-ring (bicyclic) bond motifs is 1. The van der Waals surface area contributed by atoms with Gasteiger partial charge in [0, 0.05) is 16.7 Å². The van der Waals surface area contributed by atoms with Gasteiger partial charge in [0.1, 0.15) is 5.82 Å². The molecule has 0 unspecified atom stereocenters. The minimum atomic E-state index is -0.299. The summed E-state index contributed by atoms with van der Waals surface area (Å²) in [5, 5.41) is 5.19. The lowest BCUT2D eigenvalue weighted by molar-refractivity contribution is 0.355. The van der Waals surface area contributed by atoms with E-state index in [1.165, 1.54) is 25.1 Å². The van der Waals surface area contributed by atoms with E-state index in [0.29, 0.717) is 38.8 Å². The van der Waals surface area contributed by atoms with E-state index < -0.39 is 0 Å². The van der Waals surface area contributed by atoms with Crippen molar-refractivity contribution in [3.05, 3.63) is 63.2 Å². The molecule has 0 atom stereocenters. The monoisotopic (exact) mass is 357 g/mol. The predicted octanol–water partition coefficient (Wildman–Crippen LogP) is 3.26. The van der Waals surface area contributed by atoms with Gasteiger partial charge in [0.15, 0.2) is 11.5 Å². The van der Waals surface area contributed by atoms with Gasteiger partial charge in [-0.25, -0.2) is 4.98 Å². The van der Waals surface area contributed by atoms with Gasteiger partial charge in [-0.05, 0) is 19.1 Å². The third-order valence-electron chi connectivity index (χ3n) is 3.73. The molecule has 25 heavy (non-hydrogen) atoms. The zero-order valence-electron chi connectivity index (χ0n) is 14.0. The highest BCUT2D eigenvalue weighted by molar-refractivity contribution is 6.33. The van der Waals surface area contributed by atoms with Crippen LogP contribution >= 0.6 is 11.6 Å². The van der Waals surface area contributed by atoms with Gasteiger partial charge in [-0.2, -0.15) is 9.78 Å². The van der Waals surface area contributed by atoms with Crippen molar-refractivity contribution in [1.82, 2.24) is 9.66 Å².